The molecule has 1 atom stereocenters. The van der Waals surface area contributed by atoms with Crippen molar-refractivity contribution in [2.45, 2.75) is 12.3 Å². The fourth-order valence-corrected chi connectivity index (χ4v) is 6.82. The average Bonchev–Trinajstić information content (AvgIpc) is 3.16. The molecule has 0 radical (unpaired) electrons. The molecule has 222 valence electrons. The van der Waals surface area contributed by atoms with Crippen LogP contribution < -0.4 is 4.74 Å². The van der Waals surface area contributed by atoms with E-state index in [9.17, 15) is 0 Å². The number of rotatable bonds is 5. The molecule has 0 spiro atoms. The number of hydrogen-bond donors (Lipinski definition) is 0. The van der Waals surface area contributed by atoms with E-state index in [1.54, 1.807) is 0 Å². The molecule has 0 amide bonds. The van der Waals surface area contributed by atoms with Crippen LogP contribution in [-0.2, 0) is 0 Å². The van der Waals surface area contributed by atoms with Crippen molar-refractivity contribution in [3.05, 3.63) is 170 Å². The van der Waals surface area contributed by atoms with E-state index in [2.05, 4.69) is 146 Å². The lowest BCUT2D eigenvalue weighted by molar-refractivity contribution is 0.487. The quantitative estimate of drug-likeness (QED) is 0.197. The van der Waals surface area contributed by atoms with Gasteiger partial charge in [-0.05, 0) is 57.8 Å². The summed E-state index contributed by atoms with van der Waals surface area (Å²) >= 11 is 0. The Labute approximate surface area is 274 Å². The monoisotopic (exact) mass is 602 g/mol. The van der Waals surface area contributed by atoms with Crippen LogP contribution in [0.25, 0.3) is 66.7 Å². The molecule has 0 bridgehead atoms. The van der Waals surface area contributed by atoms with Gasteiger partial charge in [-0.2, -0.15) is 0 Å². The summed E-state index contributed by atoms with van der Waals surface area (Å²) in [6, 6.07) is 49.2. The molecule has 7 aromatic rings. The summed E-state index contributed by atoms with van der Waals surface area (Å²) in [6.45, 7) is 0. The summed E-state index contributed by atoms with van der Waals surface area (Å²) in [5.74, 6) is 2.85. The average molecular weight is 603 g/mol. The van der Waals surface area contributed by atoms with Crippen molar-refractivity contribution in [3.63, 3.8) is 0 Å². The second-order valence-electron chi connectivity index (χ2n) is 12.1. The van der Waals surface area contributed by atoms with Crippen molar-refractivity contribution in [1.29, 1.82) is 0 Å². The minimum atomic E-state index is 0.172. The molecule has 3 nitrogen and oxygen atoms in total. The van der Waals surface area contributed by atoms with Crippen LogP contribution in [-0.4, -0.2) is 9.97 Å². The van der Waals surface area contributed by atoms with Crippen LogP contribution >= 0.6 is 0 Å². The molecule has 1 aromatic heterocycles. The van der Waals surface area contributed by atoms with Gasteiger partial charge in [-0.15, -0.1) is 0 Å². The van der Waals surface area contributed by atoms with Gasteiger partial charge in [-0.3, -0.25) is 0 Å². The lowest BCUT2D eigenvalue weighted by Gasteiger charge is -2.22. The number of fused-ring (bicyclic) bond motifs is 2. The molecule has 6 aromatic carbocycles. The maximum atomic E-state index is 6.31. The van der Waals surface area contributed by atoms with E-state index in [0.29, 0.717) is 0 Å². The molecular weight excluding hydrogens is 572 g/mol. The smallest absolute Gasteiger partial charge is 0.136 e. The van der Waals surface area contributed by atoms with Crippen molar-refractivity contribution in [1.82, 2.24) is 9.97 Å². The van der Waals surface area contributed by atoms with E-state index >= 15 is 0 Å². The Hall–Kier alpha value is -6.06. The van der Waals surface area contributed by atoms with Gasteiger partial charge in [-0.25, -0.2) is 9.97 Å². The fraction of sp³-hybridized carbons (Fsp3) is 0.0455. The highest BCUT2D eigenvalue weighted by molar-refractivity contribution is 6.09. The molecule has 0 saturated heterocycles. The zero-order valence-corrected chi connectivity index (χ0v) is 25.7. The van der Waals surface area contributed by atoms with Crippen LogP contribution in [0.3, 0.4) is 0 Å². The Bertz CT molecular complexity index is 2340. The maximum absolute atomic E-state index is 6.31. The van der Waals surface area contributed by atoms with Crippen molar-refractivity contribution in [2.24, 2.45) is 0 Å². The van der Waals surface area contributed by atoms with Gasteiger partial charge >= 0.3 is 0 Å². The van der Waals surface area contributed by atoms with Crippen LogP contribution in [0.15, 0.2) is 164 Å². The van der Waals surface area contributed by atoms with Crippen molar-refractivity contribution in [3.8, 4) is 67.4 Å². The van der Waals surface area contributed by atoms with Crippen molar-refractivity contribution >= 4 is 10.8 Å². The van der Waals surface area contributed by atoms with E-state index in [1.165, 1.54) is 38.6 Å². The Kier molecular flexibility index (Phi) is 6.60. The van der Waals surface area contributed by atoms with Gasteiger partial charge in [0.05, 0.1) is 11.4 Å². The summed E-state index contributed by atoms with van der Waals surface area (Å²) in [4.78, 5) is 10.0. The lowest BCUT2D eigenvalue weighted by Crippen LogP contribution is -2.05. The Morgan fingerprint density at radius 1 is 0.489 bits per heavy atom. The molecule has 1 aliphatic heterocycles. The Morgan fingerprint density at radius 2 is 1.15 bits per heavy atom. The third kappa shape index (κ3) is 4.93. The van der Waals surface area contributed by atoms with Crippen LogP contribution in [0.1, 0.15) is 18.2 Å². The first kappa shape index (κ1) is 27.3. The number of aromatic nitrogens is 2. The number of para-hydroxylation sites is 1. The van der Waals surface area contributed by atoms with Gasteiger partial charge in [0.15, 0.2) is 0 Å². The first-order chi connectivity index (χ1) is 23.3. The second kappa shape index (κ2) is 11.4. The van der Waals surface area contributed by atoms with E-state index in [1.807, 2.05) is 18.2 Å². The number of hydrogen-bond acceptors (Lipinski definition) is 3. The van der Waals surface area contributed by atoms with Crippen LogP contribution in [0, 0.1) is 0 Å². The largest absolute Gasteiger partial charge is 0.456 e. The SMILES string of the molecule is C1=CCC(c2nc(-c3ccccc3)cc(-c3ccc(-c4ccc(-c5ccc6c7c(cccc57)-c5ccccc5O6)cc4)cc3)n2)C=C1. The summed E-state index contributed by atoms with van der Waals surface area (Å²) in [5, 5.41) is 2.37. The Balaban J connectivity index is 1.03. The number of ether oxygens (including phenoxy) is 1. The number of benzene rings is 6. The predicted molar refractivity (Wildman–Crippen MR) is 192 cm³/mol. The second-order valence-corrected chi connectivity index (χ2v) is 12.1. The zero-order chi connectivity index (χ0) is 31.2. The van der Waals surface area contributed by atoms with Crippen LogP contribution in [0.4, 0.5) is 0 Å². The minimum absolute atomic E-state index is 0.172. The topological polar surface area (TPSA) is 35.0 Å². The maximum Gasteiger partial charge on any atom is 0.136 e. The highest BCUT2D eigenvalue weighted by Crippen LogP contribution is 2.48. The molecule has 2 aliphatic rings. The summed E-state index contributed by atoms with van der Waals surface area (Å²) < 4.78 is 6.31. The van der Waals surface area contributed by atoms with Gasteiger partial charge < -0.3 is 4.74 Å². The molecule has 3 heteroatoms. The molecule has 0 fully saturated rings. The van der Waals surface area contributed by atoms with E-state index in [0.717, 1.165) is 51.8 Å². The summed E-state index contributed by atoms with van der Waals surface area (Å²) in [5.41, 5.74) is 11.1. The number of allylic oxidation sites excluding steroid dienone is 4. The molecule has 1 unspecified atom stereocenters. The first-order valence-electron chi connectivity index (χ1n) is 16.1. The zero-order valence-electron chi connectivity index (χ0n) is 25.7. The molecule has 0 saturated carbocycles. The molecule has 2 heterocycles. The summed E-state index contributed by atoms with van der Waals surface area (Å²) in [6.07, 6.45) is 9.46. The standard InChI is InChI=1S/C44H30N2O/c1-3-10-32(11-4-1)39-28-40(46-44(45-39)34-12-5-2-6-13-34)33-24-20-30(21-25-33)29-18-22-31(23-19-29)35-26-27-42-43-37(35)15-9-16-38(43)36-14-7-8-17-41(36)47-42/h1-12,14-28,34H,13H2. The van der Waals surface area contributed by atoms with Gasteiger partial charge in [0, 0.05) is 28.0 Å². The third-order valence-corrected chi connectivity index (χ3v) is 9.23. The van der Waals surface area contributed by atoms with Crippen molar-refractivity contribution in [2.75, 3.05) is 0 Å². The molecule has 47 heavy (non-hydrogen) atoms. The third-order valence-electron chi connectivity index (χ3n) is 9.23. The molecule has 1 aliphatic carbocycles. The van der Waals surface area contributed by atoms with Crippen LogP contribution in [0.5, 0.6) is 11.5 Å². The first-order valence-corrected chi connectivity index (χ1v) is 16.1. The van der Waals surface area contributed by atoms with Gasteiger partial charge in [-0.1, -0.05) is 146 Å². The summed E-state index contributed by atoms with van der Waals surface area (Å²) in [7, 11) is 0. The van der Waals surface area contributed by atoms with Gasteiger partial charge in [0.2, 0.25) is 0 Å². The normalized spacial score (nSPS) is 14.5. The predicted octanol–water partition coefficient (Wildman–Crippen LogP) is 11.7. The van der Waals surface area contributed by atoms with Gasteiger partial charge in [0.1, 0.15) is 17.3 Å². The lowest BCUT2D eigenvalue weighted by atomic mass is 9.90. The molecular formula is C44H30N2O. The minimum Gasteiger partial charge on any atom is -0.456 e. The fourth-order valence-electron chi connectivity index (χ4n) is 6.82. The highest BCUT2D eigenvalue weighted by Gasteiger charge is 2.21. The van der Waals surface area contributed by atoms with Crippen molar-refractivity contribution < 1.29 is 4.74 Å². The highest BCUT2D eigenvalue weighted by atomic mass is 16.5. The molecule has 9 rings (SSSR count). The Morgan fingerprint density at radius 3 is 1.89 bits per heavy atom. The van der Waals surface area contributed by atoms with E-state index < -0.39 is 0 Å². The van der Waals surface area contributed by atoms with E-state index in [4.69, 9.17) is 14.7 Å². The molecule has 0 N–H and O–H groups in total. The van der Waals surface area contributed by atoms with E-state index in [-0.39, 0.29) is 5.92 Å². The van der Waals surface area contributed by atoms with Crippen LogP contribution in [0.2, 0.25) is 0 Å². The van der Waals surface area contributed by atoms with Gasteiger partial charge in [0.25, 0.3) is 0 Å². The number of nitrogens with zero attached hydrogens (tertiary/aromatic N) is 2.